The molecule has 0 unspecified atom stereocenters. The van der Waals surface area contributed by atoms with Crippen LogP contribution in [-0.4, -0.2) is 9.55 Å². The van der Waals surface area contributed by atoms with Crippen LogP contribution in [0.15, 0.2) is 36.7 Å². The van der Waals surface area contributed by atoms with Crippen LogP contribution in [0.1, 0.15) is 0 Å². The predicted octanol–water partition coefficient (Wildman–Crippen LogP) is 1.71. The van der Waals surface area contributed by atoms with Gasteiger partial charge in [0.05, 0.1) is 12.6 Å². The second-order valence-electron chi connectivity index (χ2n) is 3.34. The molecule has 0 aliphatic carbocycles. The number of nitrogens with zero attached hydrogens (tertiary/aromatic N) is 3. The molecule has 1 aromatic carbocycles. The minimum absolute atomic E-state index is 0.955. The van der Waals surface area contributed by atoms with Gasteiger partial charge in [-0.2, -0.15) is 0 Å². The van der Waals surface area contributed by atoms with Crippen LogP contribution in [0.3, 0.4) is 0 Å². The summed E-state index contributed by atoms with van der Waals surface area (Å²) in [5, 5.41) is 0.955. The van der Waals surface area contributed by atoms with Crippen molar-refractivity contribution < 1.29 is 4.57 Å². The predicted molar refractivity (Wildman–Crippen MR) is 59.0 cm³/mol. The number of aryl methyl sites for hydroxylation is 1. The zero-order valence-electron chi connectivity index (χ0n) is 8.21. The molecule has 2 aromatic heterocycles. The largest absolute Gasteiger partial charge is 0.323 e. The third-order valence-electron chi connectivity index (χ3n) is 2.19. The summed E-state index contributed by atoms with van der Waals surface area (Å²) in [6.07, 6.45) is 7.04. The van der Waals surface area contributed by atoms with E-state index in [0.717, 1.165) is 10.6 Å². The van der Waals surface area contributed by atoms with Crippen molar-refractivity contribution in [3.63, 3.8) is 0 Å². The Morgan fingerprint density at radius 1 is 1.40 bits per heavy atom. The average molecular weight is 215 g/mol. The van der Waals surface area contributed by atoms with Crippen LogP contribution in [0, 0.1) is 6.33 Å². The molecule has 0 amide bonds. The maximum absolute atomic E-state index is 4.53. The van der Waals surface area contributed by atoms with Gasteiger partial charge in [-0.1, -0.05) is 12.1 Å². The van der Waals surface area contributed by atoms with Gasteiger partial charge < -0.3 is 9.13 Å². The van der Waals surface area contributed by atoms with Gasteiger partial charge in [0, 0.05) is 17.1 Å². The number of aromatic nitrogens is 3. The summed E-state index contributed by atoms with van der Waals surface area (Å²) in [6, 6.07) is 8.15. The van der Waals surface area contributed by atoms with E-state index in [2.05, 4.69) is 17.4 Å². The van der Waals surface area contributed by atoms with Crippen molar-refractivity contribution in [2.45, 2.75) is 0 Å². The highest BCUT2D eigenvalue weighted by Gasteiger charge is 2.03. The van der Waals surface area contributed by atoms with Crippen molar-refractivity contribution in [2.75, 3.05) is 0 Å². The SMILES string of the molecule is C[n+]1[c-]n(-c2nc3ccccc3s2)cc1. The standard InChI is InChI=1S/C11H9N3S/c1-13-6-7-14(8-13)11-12-9-4-2-3-5-10(9)15-11/h2-7H,1H3. The van der Waals surface area contributed by atoms with E-state index >= 15 is 0 Å². The van der Waals surface area contributed by atoms with Gasteiger partial charge in [-0.05, 0) is 12.1 Å². The highest BCUT2D eigenvalue weighted by atomic mass is 32.1. The molecule has 0 spiro atoms. The van der Waals surface area contributed by atoms with Crippen LogP contribution < -0.4 is 4.57 Å². The highest BCUT2D eigenvalue weighted by molar-refractivity contribution is 7.20. The first-order valence-corrected chi connectivity index (χ1v) is 5.47. The van der Waals surface area contributed by atoms with E-state index in [-0.39, 0.29) is 0 Å². The smallest absolute Gasteiger partial charge is 0.245 e. The van der Waals surface area contributed by atoms with Gasteiger partial charge in [-0.15, -0.1) is 11.3 Å². The molecular formula is C11H9N3S. The average Bonchev–Trinajstić information content (AvgIpc) is 2.82. The summed E-state index contributed by atoms with van der Waals surface area (Å²) in [5.74, 6) is 0. The van der Waals surface area contributed by atoms with Gasteiger partial charge >= 0.3 is 0 Å². The Hall–Kier alpha value is -1.68. The Labute approximate surface area is 91.2 Å². The fourth-order valence-electron chi connectivity index (χ4n) is 1.47. The van der Waals surface area contributed by atoms with Crippen LogP contribution in [0.5, 0.6) is 0 Å². The Kier molecular flexibility index (Phi) is 1.82. The summed E-state index contributed by atoms with van der Waals surface area (Å²) < 4.78 is 4.99. The van der Waals surface area contributed by atoms with E-state index in [1.54, 1.807) is 11.3 Å². The van der Waals surface area contributed by atoms with Gasteiger partial charge in [0.2, 0.25) is 11.5 Å². The van der Waals surface area contributed by atoms with Crippen molar-refractivity contribution >= 4 is 21.6 Å². The number of imidazole rings is 1. The zero-order valence-corrected chi connectivity index (χ0v) is 9.03. The summed E-state index contributed by atoms with van der Waals surface area (Å²) in [6.45, 7) is 0. The van der Waals surface area contributed by atoms with Gasteiger partial charge in [-0.25, -0.2) is 4.98 Å². The lowest BCUT2D eigenvalue weighted by Crippen LogP contribution is -2.24. The third kappa shape index (κ3) is 1.43. The number of hydrogen-bond donors (Lipinski definition) is 0. The number of fused-ring (bicyclic) bond motifs is 1. The molecule has 0 fully saturated rings. The summed E-state index contributed by atoms with van der Waals surface area (Å²) >= 11 is 1.67. The van der Waals surface area contributed by atoms with Crippen molar-refractivity contribution in [1.82, 2.24) is 9.55 Å². The molecule has 3 rings (SSSR count). The monoisotopic (exact) mass is 215 g/mol. The zero-order chi connectivity index (χ0) is 10.3. The molecule has 0 saturated heterocycles. The number of para-hydroxylation sites is 1. The van der Waals surface area contributed by atoms with E-state index in [1.807, 2.05) is 46.8 Å². The second kappa shape index (κ2) is 3.17. The van der Waals surface area contributed by atoms with Crippen LogP contribution in [0.2, 0.25) is 0 Å². The maximum Gasteiger partial charge on any atom is 0.245 e. The normalized spacial score (nSPS) is 11.0. The molecule has 0 saturated carbocycles. The molecule has 0 atom stereocenters. The summed E-state index contributed by atoms with van der Waals surface area (Å²) in [5.41, 5.74) is 1.04. The highest BCUT2D eigenvalue weighted by Crippen LogP contribution is 2.23. The lowest BCUT2D eigenvalue weighted by atomic mass is 10.3. The van der Waals surface area contributed by atoms with Crippen molar-refractivity contribution in [3.05, 3.63) is 43.0 Å². The molecule has 0 aliphatic heterocycles. The molecule has 0 radical (unpaired) electrons. The van der Waals surface area contributed by atoms with Crippen molar-refractivity contribution in [2.24, 2.45) is 7.05 Å². The first kappa shape index (κ1) is 8.61. The van der Waals surface area contributed by atoms with E-state index < -0.39 is 0 Å². The fourth-order valence-corrected chi connectivity index (χ4v) is 2.38. The molecule has 0 N–H and O–H groups in total. The summed E-state index contributed by atoms with van der Waals surface area (Å²) in [7, 11) is 1.95. The van der Waals surface area contributed by atoms with Gasteiger partial charge in [0.25, 0.3) is 0 Å². The number of benzene rings is 1. The van der Waals surface area contributed by atoms with E-state index in [4.69, 9.17) is 0 Å². The first-order chi connectivity index (χ1) is 7.33. The van der Waals surface area contributed by atoms with E-state index in [1.165, 1.54) is 4.70 Å². The van der Waals surface area contributed by atoms with Crippen LogP contribution in [0.25, 0.3) is 15.3 Å². The maximum atomic E-state index is 4.53. The second-order valence-corrected chi connectivity index (χ2v) is 4.35. The van der Waals surface area contributed by atoms with Gasteiger partial charge in [0.1, 0.15) is 0 Å². The Morgan fingerprint density at radius 3 is 3.00 bits per heavy atom. The fraction of sp³-hybridized carbons (Fsp3) is 0.0909. The molecule has 3 aromatic rings. The number of hydrogen-bond acceptors (Lipinski definition) is 2. The molecule has 2 heterocycles. The molecule has 0 bridgehead atoms. The molecule has 74 valence electrons. The number of rotatable bonds is 1. The van der Waals surface area contributed by atoms with Crippen LogP contribution in [0.4, 0.5) is 0 Å². The van der Waals surface area contributed by atoms with Crippen LogP contribution in [-0.2, 0) is 7.05 Å². The minimum atomic E-state index is 0.955. The summed E-state index contributed by atoms with van der Waals surface area (Å²) in [4.78, 5) is 4.53. The Balaban J connectivity index is 2.19. The van der Waals surface area contributed by atoms with E-state index in [9.17, 15) is 0 Å². The lowest BCUT2D eigenvalue weighted by Gasteiger charge is -1.91. The number of thiazole rings is 1. The van der Waals surface area contributed by atoms with Crippen molar-refractivity contribution in [1.29, 1.82) is 0 Å². The van der Waals surface area contributed by atoms with Crippen molar-refractivity contribution in [3.8, 4) is 5.13 Å². The first-order valence-electron chi connectivity index (χ1n) is 4.65. The lowest BCUT2D eigenvalue weighted by molar-refractivity contribution is -0.674. The third-order valence-corrected chi connectivity index (χ3v) is 3.23. The molecule has 0 aliphatic rings. The van der Waals surface area contributed by atoms with Gasteiger partial charge in [0.15, 0.2) is 0 Å². The molecule has 3 nitrogen and oxygen atoms in total. The molecule has 4 heteroatoms. The quantitative estimate of drug-likeness (QED) is 0.447. The van der Waals surface area contributed by atoms with Crippen LogP contribution >= 0.6 is 11.3 Å². The minimum Gasteiger partial charge on any atom is -0.323 e. The topological polar surface area (TPSA) is 21.7 Å². The molecule has 15 heavy (non-hydrogen) atoms. The molecular weight excluding hydrogens is 206 g/mol. The Bertz CT molecular complexity index is 576. The van der Waals surface area contributed by atoms with E-state index in [0.29, 0.717) is 0 Å². The Morgan fingerprint density at radius 2 is 2.27 bits per heavy atom. The van der Waals surface area contributed by atoms with Gasteiger partial charge in [-0.3, -0.25) is 0 Å².